The number of amides is 1. The fourth-order valence-corrected chi connectivity index (χ4v) is 5.56. The molecule has 1 fully saturated rings. The van der Waals surface area contributed by atoms with Gasteiger partial charge in [0.15, 0.2) is 5.16 Å². The summed E-state index contributed by atoms with van der Waals surface area (Å²) in [5.74, 6) is 1.81. The number of imidazole rings is 1. The van der Waals surface area contributed by atoms with E-state index in [0.29, 0.717) is 24.7 Å². The van der Waals surface area contributed by atoms with Gasteiger partial charge in [-0.15, -0.1) is 0 Å². The Morgan fingerprint density at radius 2 is 1.85 bits per heavy atom. The van der Waals surface area contributed by atoms with Gasteiger partial charge in [-0.25, -0.2) is 19.3 Å². The molecule has 3 aromatic rings. The summed E-state index contributed by atoms with van der Waals surface area (Å²) in [4.78, 5) is 25.8. The Bertz CT molecular complexity index is 1080. The van der Waals surface area contributed by atoms with Crippen molar-refractivity contribution >= 4 is 17.9 Å². The minimum Gasteiger partial charge on any atom is -0.494 e. The fraction of sp³-hybridized carbons (Fsp3) is 0.435. The summed E-state index contributed by atoms with van der Waals surface area (Å²) in [6.45, 7) is 1.30. The molecule has 3 aromatic heterocycles. The van der Waals surface area contributed by atoms with E-state index in [-0.39, 0.29) is 17.6 Å². The molecule has 33 heavy (non-hydrogen) atoms. The zero-order valence-electron chi connectivity index (χ0n) is 18.2. The van der Waals surface area contributed by atoms with Crippen LogP contribution in [0.1, 0.15) is 36.8 Å². The number of aromatic nitrogens is 4. The van der Waals surface area contributed by atoms with E-state index in [1.54, 1.807) is 35.0 Å². The van der Waals surface area contributed by atoms with Crippen molar-refractivity contribution in [1.29, 1.82) is 0 Å². The lowest BCUT2D eigenvalue weighted by Crippen LogP contribution is -2.40. The summed E-state index contributed by atoms with van der Waals surface area (Å²) in [5, 5.41) is 22.1. The molecule has 10 heteroatoms. The minimum absolute atomic E-state index is 0.0572. The van der Waals surface area contributed by atoms with Crippen LogP contribution in [0.5, 0.6) is 17.6 Å². The van der Waals surface area contributed by atoms with E-state index in [4.69, 9.17) is 4.74 Å². The number of thioether (sulfide) groups is 1. The van der Waals surface area contributed by atoms with Gasteiger partial charge in [-0.2, -0.15) is 0 Å². The topological polar surface area (TPSA) is 116 Å². The molecule has 0 unspecified atom stereocenters. The monoisotopic (exact) mass is 469 g/mol. The van der Waals surface area contributed by atoms with Crippen LogP contribution in [-0.4, -0.2) is 59.6 Å². The van der Waals surface area contributed by atoms with Gasteiger partial charge in [-0.05, 0) is 50.5 Å². The number of hydrogen-bond donors (Lipinski definition) is 3. The van der Waals surface area contributed by atoms with Crippen molar-refractivity contribution in [2.24, 2.45) is 5.92 Å². The van der Waals surface area contributed by atoms with E-state index in [2.05, 4.69) is 15.0 Å². The molecule has 0 bridgehead atoms. The highest BCUT2D eigenvalue weighted by Gasteiger charge is 2.26. The maximum Gasteiger partial charge on any atom is 0.416 e. The van der Waals surface area contributed by atoms with Gasteiger partial charge in [0.25, 0.3) is 0 Å². The lowest BCUT2D eigenvalue weighted by Gasteiger charge is -2.30. The van der Waals surface area contributed by atoms with E-state index >= 15 is 0 Å². The van der Waals surface area contributed by atoms with Crippen molar-refractivity contribution in [3.63, 3.8) is 0 Å². The summed E-state index contributed by atoms with van der Waals surface area (Å²) in [7, 11) is 0. The zero-order chi connectivity index (χ0) is 22.8. The third-order valence-corrected chi connectivity index (χ3v) is 7.54. The van der Waals surface area contributed by atoms with Crippen LogP contribution in [0.25, 0.3) is 5.69 Å². The number of pyridine rings is 1. The Kier molecular flexibility index (Phi) is 6.17. The number of fused-ring (bicyclic) bond motifs is 1. The molecule has 0 saturated carbocycles. The number of aromatic amines is 1. The van der Waals surface area contributed by atoms with Crippen LogP contribution < -0.4 is 4.74 Å². The van der Waals surface area contributed by atoms with E-state index in [9.17, 15) is 15.0 Å². The number of nitrogens with zero attached hydrogens (tertiary/aromatic N) is 4. The molecule has 1 aliphatic carbocycles. The van der Waals surface area contributed by atoms with Gasteiger partial charge in [0.05, 0.1) is 11.9 Å². The Balaban J connectivity index is 1.17. The number of H-pyrrole nitrogens is 1. The van der Waals surface area contributed by atoms with Crippen LogP contribution in [0.3, 0.4) is 0 Å². The van der Waals surface area contributed by atoms with Crippen molar-refractivity contribution < 1.29 is 19.7 Å². The number of ether oxygens (including phenoxy) is 1. The lowest BCUT2D eigenvalue weighted by molar-refractivity contribution is 0.132. The number of nitrogens with one attached hydrogen (secondary N) is 1. The van der Waals surface area contributed by atoms with Crippen molar-refractivity contribution in [3.05, 3.63) is 41.9 Å². The van der Waals surface area contributed by atoms with Crippen molar-refractivity contribution in [2.75, 3.05) is 18.8 Å². The number of carbonyl (C=O) groups excluding carboxylic acids is 1. The minimum atomic E-state index is -0.408. The summed E-state index contributed by atoms with van der Waals surface area (Å²) in [6.07, 6.45) is 10.00. The first kappa shape index (κ1) is 21.7. The smallest absolute Gasteiger partial charge is 0.416 e. The molecule has 0 spiro atoms. The Labute approximate surface area is 195 Å². The third kappa shape index (κ3) is 4.52. The molecule has 174 valence electrons. The fourth-order valence-electron chi connectivity index (χ4n) is 4.54. The lowest BCUT2D eigenvalue weighted by atomic mass is 9.95. The van der Waals surface area contributed by atoms with Gasteiger partial charge in [0.2, 0.25) is 17.6 Å². The van der Waals surface area contributed by atoms with E-state index in [0.717, 1.165) is 60.6 Å². The van der Waals surface area contributed by atoms with Gasteiger partial charge in [0.1, 0.15) is 0 Å². The van der Waals surface area contributed by atoms with Gasteiger partial charge >= 0.3 is 6.09 Å². The largest absolute Gasteiger partial charge is 0.494 e. The van der Waals surface area contributed by atoms with Crippen LogP contribution in [0, 0.1) is 5.92 Å². The molecule has 2 aliphatic rings. The number of hydrogen-bond acceptors (Lipinski definition) is 7. The molecule has 3 N–H and O–H groups in total. The number of likely N-dealkylation sites (tertiary alicyclic amines) is 1. The number of aromatic hydroxyl groups is 2. The number of carbonyl (C=O) groups is 1. The number of piperidine rings is 1. The maximum absolute atomic E-state index is 12.6. The Morgan fingerprint density at radius 1 is 1.12 bits per heavy atom. The highest BCUT2D eigenvalue weighted by molar-refractivity contribution is 7.99. The summed E-state index contributed by atoms with van der Waals surface area (Å²) in [6, 6.07) is 3.26. The molecule has 0 aromatic carbocycles. The average Bonchev–Trinajstić information content (AvgIpc) is 3.46. The highest BCUT2D eigenvalue weighted by atomic mass is 32.2. The summed E-state index contributed by atoms with van der Waals surface area (Å²) < 4.78 is 6.86. The second-order valence-electron chi connectivity index (χ2n) is 8.51. The highest BCUT2D eigenvalue weighted by Crippen LogP contribution is 2.40. The Morgan fingerprint density at radius 3 is 2.45 bits per heavy atom. The standard InChI is InChI=1S/C23H27N5O4S/c29-20-17-3-1-2-4-18(17)21(30)28(20)16-5-6-19(26-13-16)32-23(31)27-11-7-15(8-12-27)14-33-22-24-9-10-25-22/h5-6,9-10,13,15,29-30H,1-4,7-8,11-12,14H2,(H,24,25). The van der Waals surface area contributed by atoms with Gasteiger partial charge < -0.3 is 24.8 Å². The van der Waals surface area contributed by atoms with E-state index in [1.807, 2.05) is 6.20 Å². The van der Waals surface area contributed by atoms with Gasteiger partial charge in [-0.3, -0.25) is 0 Å². The predicted octanol–water partition coefficient (Wildman–Crippen LogP) is 3.89. The predicted molar refractivity (Wildman–Crippen MR) is 123 cm³/mol. The van der Waals surface area contributed by atoms with Crippen LogP contribution in [-0.2, 0) is 12.8 Å². The molecule has 1 saturated heterocycles. The molecule has 9 nitrogen and oxygen atoms in total. The quantitative estimate of drug-likeness (QED) is 0.486. The normalized spacial score (nSPS) is 16.5. The van der Waals surface area contributed by atoms with Crippen molar-refractivity contribution in [2.45, 2.75) is 43.7 Å². The van der Waals surface area contributed by atoms with E-state index < -0.39 is 6.09 Å². The summed E-state index contributed by atoms with van der Waals surface area (Å²) >= 11 is 1.71. The van der Waals surface area contributed by atoms with Gasteiger partial charge in [0, 0.05) is 48.4 Å². The second kappa shape index (κ2) is 9.38. The molecular weight excluding hydrogens is 442 g/mol. The molecule has 1 aliphatic heterocycles. The SMILES string of the molecule is O=C(Oc1ccc(-n2c(O)c3c(c2O)CCCC3)cn1)N1CCC(CSc2ncc[nH]2)CC1. The first-order chi connectivity index (χ1) is 16.1. The van der Waals surface area contributed by atoms with Crippen LogP contribution in [0.15, 0.2) is 35.9 Å². The zero-order valence-corrected chi connectivity index (χ0v) is 19.1. The van der Waals surface area contributed by atoms with Gasteiger partial charge in [-0.1, -0.05) is 11.8 Å². The third-order valence-electron chi connectivity index (χ3n) is 6.40. The molecular formula is C23H27N5O4S. The van der Waals surface area contributed by atoms with Crippen LogP contribution >= 0.6 is 11.8 Å². The number of rotatable bonds is 5. The van der Waals surface area contributed by atoms with Crippen molar-refractivity contribution in [3.8, 4) is 23.3 Å². The van der Waals surface area contributed by atoms with Crippen LogP contribution in [0.2, 0.25) is 0 Å². The second-order valence-corrected chi connectivity index (χ2v) is 9.51. The molecule has 0 atom stereocenters. The first-order valence-corrected chi connectivity index (χ1v) is 12.3. The molecule has 5 rings (SSSR count). The van der Waals surface area contributed by atoms with Crippen molar-refractivity contribution in [1.82, 2.24) is 24.4 Å². The molecule has 4 heterocycles. The van der Waals surface area contributed by atoms with E-state index in [1.165, 1.54) is 10.8 Å². The average molecular weight is 470 g/mol. The Hall–Kier alpha value is -3.14. The molecule has 0 radical (unpaired) electrons. The summed E-state index contributed by atoms with van der Waals surface area (Å²) in [5.41, 5.74) is 2.13. The first-order valence-electron chi connectivity index (χ1n) is 11.3. The van der Waals surface area contributed by atoms with Crippen LogP contribution in [0.4, 0.5) is 4.79 Å². The maximum atomic E-state index is 12.6. The molecule has 1 amide bonds.